The maximum Gasteiger partial charge on any atom is 0.573 e. The van der Waals surface area contributed by atoms with Crippen molar-refractivity contribution in [1.82, 2.24) is 4.98 Å². The van der Waals surface area contributed by atoms with Crippen LogP contribution in [-0.2, 0) is 0 Å². The van der Waals surface area contributed by atoms with E-state index >= 15 is 0 Å². The maximum atomic E-state index is 12.1. The molecule has 1 heterocycles. The predicted octanol–water partition coefficient (Wildman–Crippen LogP) is 2.50. The first kappa shape index (κ1) is 13.7. The average molecular weight is 364 g/mol. The first-order chi connectivity index (χ1) is 7.74. The predicted molar refractivity (Wildman–Crippen MR) is 56.8 cm³/mol. The fraction of sp³-hybridized carbons (Fsp3) is 0.286. The molecule has 0 aliphatic carbocycles. The van der Waals surface area contributed by atoms with Gasteiger partial charge in [0.25, 0.3) is 11.6 Å². The fourth-order valence-corrected chi connectivity index (χ4v) is 1.47. The molecule has 0 fully saturated rings. The Kier molecular flexibility index (Phi) is 3.95. The van der Waals surface area contributed by atoms with Gasteiger partial charge >= 0.3 is 12.0 Å². The van der Waals surface area contributed by atoms with E-state index in [1.165, 1.54) is 0 Å². The van der Waals surface area contributed by atoms with Gasteiger partial charge < -0.3 is 9.47 Å². The molecule has 1 aromatic rings. The minimum absolute atomic E-state index is 0.112. The number of aromatic nitrogens is 1. The molecule has 94 valence electrons. The van der Waals surface area contributed by atoms with Gasteiger partial charge in [-0.3, -0.25) is 10.1 Å². The molecule has 0 aromatic carbocycles. The van der Waals surface area contributed by atoms with E-state index in [0.29, 0.717) is 0 Å². The van der Waals surface area contributed by atoms with Crippen LogP contribution in [0.2, 0.25) is 0 Å². The van der Waals surface area contributed by atoms with Crippen molar-refractivity contribution in [2.24, 2.45) is 0 Å². The number of nitrogens with zero attached hydrogens (tertiary/aromatic N) is 2. The average Bonchev–Trinajstić information content (AvgIpc) is 2.17. The first-order valence-electron chi connectivity index (χ1n) is 3.89. The second-order valence-electron chi connectivity index (χ2n) is 2.61. The van der Waals surface area contributed by atoms with Gasteiger partial charge in [0.2, 0.25) is 0 Å². The molecule has 0 saturated heterocycles. The Hall–Kier alpha value is -1.33. The summed E-state index contributed by atoms with van der Waals surface area (Å²) in [6, 6.07) is 0.851. The second-order valence-corrected chi connectivity index (χ2v) is 3.71. The molecule has 0 saturated carbocycles. The van der Waals surface area contributed by atoms with Crippen LogP contribution in [0.3, 0.4) is 0 Å². The zero-order chi connectivity index (χ0) is 13.2. The highest BCUT2D eigenvalue weighted by molar-refractivity contribution is 14.1. The molecule has 0 atom stereocenters. The van der Waals surface area contributed by atoms with Crippen LogP contribution in [0.5, 0.6) is 11.6 Å². The fourth-order valence-electron chi connectivity index (χ4n) is 0.954. The van der Waals surface area contributed by atoms with Crippen molar-refractivity contribution in [1.29, 1.82) is 0 Å². The Balaban J connectivity index is 3.37. The Labute approximate surface area is 106 Å². The van der Waals surface area contributed by atoms with Gasteiger partial charge in [-0.15, -0.1) is 13.2 Å². The molecule has 17 heavy (non-hydrogen) atoms. The number of alkyl halides is 3. The van der Waals surface area contributed by atoms with E-state index in [1.54, 1.807) is 22.6 Å². The SMILES string of the molecule is COc1nc(I)cc([N+](=O)[O-])c1OC(F)(F)F. The van der Waals surface area contributed by atoms with E-state index in [0.717, 1.165) is 13.2 Å². The quantitative estimate of drug-likeness (QED) is 0.357. The zero-order valence-corrected chi connectivity index (χ0v) is 10.3. The third kappa shape index (κ3) is 3.57. The molecule has 0 N–H and O–H groups in total. The van der Waals surface area contributed by atoms with E-state index in [4.69, 9.17) is 0 Å². The lowest BCUT2D eigenvalue weighted by Crippen LogP contribution is -2.19. The van der Waals surface area contributed by atoms with Crippen molar-refractivity contribution < 1.29 is 27.6 Å². The molecule has 10 heteroatoms. The number of nitro groups is 1. The lowest BCUT2D eigenvalue weighted by molar-refractivity contribution is -0.388. The lowest BCUT2D eigenvalue weighted by atomic mass is 10.4. The molecule has 0 aliphatic rings. The number of halogens is 4. The summed E-state index contributed by atoms with van der Waals surface area (Å²) in [6.45, 7) is 0. The van der Waals surface area contributed by atoms with Crippen LogP contribution in [0.4, 0.5) is 18.9 Å². The lowest BCUT2D eigenvalue weighted by Gasteiger charge is -2.11. The molecule has 6 nitrogen and oxygen atoms in total. The molecular formula is C7H4F3IN2O4. The van der Waals surface area contributed by atoms with Crippen LogP contribution in [0.25, 0.3) is 0 Å². The van der Waals surface area contributed by atoms with Gasteiger partial charge in [-0.1, -0.05) is 0 Å². The highest BCUT2D eigenvalue weighted by Gasteiger charge is 2.37. The summed E-state index contributed by atoms with van der Waals surface area (Å²) in [5.74, 6) is -1.66. The third-order valence-electron chi connectivity index (χ3n) is 1.50. The van der Waals surface area contributed by atoms with Gasteiger partial charge in [0.05, 0.1) is 18.1 Å². The van der Waals surface area contributed by atoms with Crippen molar-refractivity contribution in [2.75, 3.05) is 7.11 Å². The summed E-state index contributed by atoms with van der Waals surface area (Å²) in [5, 5.41) is 10.6. The van der Waals surface area contributed by atoms with Crippen molar-refractivity contribution in [3.8, 4) is 11.6 Å². The Morgan fingerprint density at radius 1 is 1.53 bits per heavy atom. The van der Waals surface area contributed by atoms with Gasteiger partial charge in [-0.2, -0.15) is 0 Å². The number of methoxy groups -OCH3 is 1. The smallest absolute Gasteiger partial charge is 0.478 e. The molecule has 1 aromatic heterocycles. The third-order valence-corrected chi connectivity index (χ3v) is 2.05. The van der Waals surface area contributed by atoms with Gasteiger partial charge in [0.15, 0.2) is 0 Å². The molecule has 0 unspecified atom stereocenters. The van der Waals surface area contributed by atoms with Gasteiger partial charge in [0.1, 0.15) is 3.70 Å². The first-order valence-corrected chi connectivity index (χ1v) is 4.97. The maximum absolute atomic E-state index is 12.1. The highest BCUT2D eigenvalue weighted by Crippen LogP contribution is 2.39. The second kappa shape index (κ2) is 4.89. The van der Waals surface area contributed by atoms with Crippen LogP contribution in [0.1, 0.15) is 0 Å². The van der Waals surface area contributed by atoms with E-state index in [2.05, 4.69) is 14.5 Å². The topological polar surface area (TPSA) is 74.5 Å². The number of hydrogen-bond acceptors (Lipinski definition) is 5. The number of pyridine rings is 1. The zero-order valence-electron chi connectivity index (χ0n) is 8.12. The number of ether oxygens (including phenoxy) is 2. The largest absolute Gasteiger partial charge is 0.573 e. The molecular weight excluding hydrogens is 360 g/mol. The summed E-state index contributed by atoms with van der Waals surface area (Å²) >= 11 is 1.61. The van der Waals surface area contributed by atoms with Gasteiger partial charge in [-0.05, 0) is 22.6 Å². The monoisotopic (exact) mass is 364 g/mol. The highest BCUT2D eigenvalue weighted by atomic mass is 127. The van der Waals surface area contributed by atoms with Crippen LogP contribution < -0.4 is 9.47 Å². The number of rotatable bonds is 3. The van der Waals surface area contributed by atoms with Crippen molar-refractivity contribution in [3.05, 3.63) is 19.9 Å². The summed E-state index contributed by atoms with van der Waals surface area (Å²) in [7, 11) is 1.03. The number of hydrogen-bond donors (Lipinski definition) is 0. The molecule has 1 rings (SSSR count). The van der Waals surface area contributed by atoms with Crippen molar-refractivity contribution in [2.45, 2.75) is 6.36 Å². The van der Waals surface area contributed by atoms with E-state index < -0.39 is 28.6 Å². The Bertz CT molecular complexity index is 451. The summed E-state index contributed by atoms with van der Waals surface area (Å²) in [5.41, 5.74) is -0.862. The summed E-state index contributed by atoms with van der Waals surface area (Å²) < 4.78 is 44.4. The molecule has 0 radical (unpaired) electrons. The summed E-state index contributed by atoms with van der Waals surface area (Å²) in [4.78, 5) is 13.1. The van der Waals surface area contributed by atoms with Crippen LogP contribution in [0.15, 0.2) is 6.07 Å². The van der Waals surface area contributed by atoms with Crippen LogP contribution in [0, 0.1) is 13.8 Å². The summed E-state index contributed by atoms with van der Waals surface area (Å²) in [6.07, 6.45) is -5.06. The molecule has 0 aliphatic heterocycles. The van der Waals surface area contributed by atoms with Crippen molar-refractivity contribution >= 4 is 28.3 Å². The minimum Gasteiger partial charge on any atom is -0.478 e. The Morgan fingerprint density at radius 2 is 2.12 bits per heavy atom. The molecule has 0 bridgehead atoms. The van der Waals surface area contributed by atoms with Crippen LogP contribution in [-0.4, -0.2) is 23.4 Å². The van der Waals surface area contributed by atoms with Gasteiger partial charge in [0, 0.05) is 0 Å². The van der Waals surface area contributed by atoms with E-state index in [9.17, 15) is 23.3 Å². The Morgan fingerprint density at radius 3 is 2.53 bits per heavy atom. The van der Waals surface area contributed by atoms with Crippen molar-refractivity contribution in [3.63, 3.8) is 0 Å². The van der Waals surface area contributed by atoms with Crippen LogP contribution >= 0.6 is 22.6 Å². The molecule has 0 amide bonds. The standard InChI is InChI=1S/C7H4F3IN2O4/c1-16-6-5(17-7(8,9)10)3(13(14)15)2-4(11)12-6/h2H,1H3. The normalized spacial score (nSPS) is 11.1. The van der Waals surface area contributed by atoms with Gasteiger partial charge in [-0.25, -0.2) is 4.98 Å². The van der Waals surface area contributed by atoms with E-state index in [-0.39, 0.29) is 3.70 Å². The van der Waals surface area contributed by atoms with E-state index in [1.807, 2.05) is 0 Å². The molecule has 0 spiro atoms. The minimum atomic E-state index is -5.06.